The Balaban J connectivity index is 2.15. The molecule has 0 aliphatic carbocycles. The standard InChI is InChI=1S/C12H17NO4S/c1-16-8-10-3-2-4-12(7-10)18(14,15)13-11-5-6-17-9-11/h2-4,7,11,13H,5-6,8-9H2,1H3. The monoisotopic (exact) mass is 271 g/mol. The van der Waals surface area contributed by atoms with Crippen LogP contribution in [0, 0.1) is 0 Å². The SMILES string of the molecule is COCc1cccc(S(=O)(=O)NC2CCOC2)c1. The van der Waals surface area contributed by atoms with Gasteiger partial charge >= 0.3 is 0 Å². The van der Waals surface area contributed by atoms with Crippen LogP contribution in [0.2, 0.25) is 0 Å². The van der Waals surface area contributed by atoms with Crippen LogP contribution in [-0.4, -0.2) is 34.8 Å². The second-order valence-electron chi connectivity index (χ2n) is 4.26. The first-order valence-electron chi connectivity index (χ1n) is 5.80. The van der Waals surface area contributed by atoms with Crippen LogP contribution in [0.25, 0.3) is 0 Å². The van der Waals surface area contributed by atoms with Gasteiger partial charge in [-0.05, 0) is 24.1 Å². The van der Waals surface area contributed by atoms with Crippen LogP contribution >= 0.6 is 0 Å². The van der Waals surface area contributed by atoms with E-state index in [1.54, 1.807) is 25.3 Å². The predicted octanol–water partition coefficient (Wildman–Crippen LogP) is 0.900. The highest BCUT2D eigenvalue weighted by Gasteiger charge is 2.23. The molecule has 1 fully saturated rings. The summed E-state index contributed by atoms with van der Waals surface area (Å²) in [5.41, 5.74) is 0.836. The first-order chi connectivity index (χ1) is 8.62. The van der Waals surface area contributed by atoms with Crippen LogP contribution in [0.4, 0.5) is 0 Å². The average Bonchev–Trinajstić information content (AvgIpc) is 2.82. The third-order valence-corrected chi connectivity index (χ3v) is 4.29. The Morgan fingerprint density at radius 3 is 3.00 bits per heavy atom. The molecule has 1 N–H and O–H groups in total. The van der Waals surface area contributed by atoms with Gasteiger partial charge in [-0.1, -0.05) is 12.1 Å². The third-order valence-electron chi connectivity index (χ3n) is 2.77. The summed E-state index contributed by atoms with van der Waals surface area (Å²) < 4.78 is 37.1. The Morgan fingerprint density at radius 2 is 2.33 bits per heavy atom. The maximum absolute atomic E-state index is 12.1. The molecule has 1 aromatic rings. The van der Waals surface area contributed by atoms with Gasteiger partial charge in [0.15, 0.2) is 0 Å². The summed E-state index contributed by atoms with van der Waals surface area (Å²) in [7, 11) is -1.89. The number of benzene rings is 1. The zero-order valence-electron chi connectivity index (χ0n) is 10.3. The van der Waals surface area contributed by atoms with Gasteiger partial charge in [0.05, 0.1) is 18.1 Å². The van der Waals surface area contributed by atoms with Gasteiger partial charge in [-0.3, -0.25) is 0 Å². The van der Waals surface area contributed by atoms with E-state index in [1.807, 2.05) is 6.07 Å². The lowest BCUT2D eigenvalue weighted by Gasteiger charge is -2.12. The molecule has 1 aliphatic heterocycles. The number of nitrogens with one attached hydrogen (secondary N) is 1. The Bertz CT molecular complexity index is 495. The van der Waals surface area contributed by atoms with Crippen molar-refractivity contribution in [2.45, 2.75) is 24.0 Å². The van der Waals surface area contributed by atoms with Crippen LogP contribution in [0.15, 0.2) is 29.2 Å². The first-order valence-corrected chi connectivity index (χ1v) is 7.28. The van der Waals surface area contributed by atoms with Gasteiger partial charge in [0.25, 0.3) is 0 Å². The van der Waals surface area contributed by atoms with Gasteiger partial charge in [0.1, 0.15) is 0 Å². The lowest BCUT2D eigenvalue weighted by atomic mass is 10.2. The molecule has 0 spiro atoms. The molecule has 0 saturated carbocycles. The minimum absolute atomic E-state index is 0.124. The minimum Gasteiger partial charge on any atom is -0.380 e. The number of ether oxygens (including phenoxy) is 2. The van der Waals surface area contributed by atoms with E-state index in [1.165, 1.54) is 0 Å². The molecule has 1 aliphatic rings. The molecular formula is C12H17NO4S. The maximum atomic E-state index is 12.1. The summed E-state index contributed by atoms with van der Waals surface area (Å²) in [6.45, 7) is 1.45. The molecule has 1 saturated heterocycles. The van der Waals surface area contributed by atoms with Gasteiger partial charge in [-0.2, -0.15) is 0 Å². The molecular weight excluding hydrogens is 254 g/mol. The molecule has 18 heavy (non-hydrogen) atoms. The van der Waals surface area contributed by atoms with Crippen molar-refractivity contribution < 1.29 is 17.9 Å². The molecule has 0 amide bonds. The van der Waals surface area contributed by atoms with E-state index in [-0.39, 0.29) is 10.9 Å². The van der Waals surface area contributed by atoms with Crippen LogP contribution in [0.5, 0.6) is 0 Å². The maximum Gasteiger partial charge on any atom is 0.240 e. The largest absolute Gasteiger partial charge is 0.380 e. The van der Waals surface area contributed by atoms with E-state index in [9.17, 15) is 8.42 Å². The van der Waals surface area contributed by atoms with Crippen molar-refractivity contribution in [1.29, 1.82) is 0 Å². The predicted molar refractivity (Wildman–Crippen MR) is 66.7 cm³/mol. The molecule has 1 unspecified atom stereocenters. The molecule has 5 nitrogen and oxygen atoms in total. The molecule has 0 bridgehead atoms. The number of sulfonamides is 1. The fourth-order valence-electron chi connectivity index (χ4n) is 1.88. The number of hydrogen-bond acceptors (Lipinski definition) is 4. The summed E-state index contributed by atoms with van der Waals surface area (Å²) in [4.78, 5) is 0.268. The minimum atomic E-state index is -3.47. The molecule has 1 aromatic carbocycles. The van der Waals surface area contributed by atoms with Gasteiger partial charge < -0.3 is 9.47 Å². The van der Waals surface area contributed by atoms with Crippen molar-refractivity contribution >= 4 is 10.0 Å². The second-order valence-corrected chi connectivity index (χ2v) is 5.98. The summed E-state index contributed by atoms with van der Waals surface area (Å²) in [5.74, 6) is 0. The van der Waals surface area contributed by atoms with E-state index < -0.39 is 10.0 Å². The van der Waals surface area contributed by atoms with Crippen molar-refractivity contribution in [2.75, 3.05) is 20.3 Å². The molecule has 0 radical (unpaired) electrons. The fourth-order valence-corrected chi connectivity index (χ4v) is 3.21. The first kappa shape index (κ1) is 13.5. The lowest BCUT2D eigenvalue weighted by molar-refractivity contribution is 0.184. The van der Waals surface area contributed by atoms with Gasteiger partial charge in [0, 0.05) is 19.8 Å². The highest BCUT2D eigenvalue weighted by molar-refractivity contribution is 7.89. The van der Waals surface area contributed by atoms with Crippen molar-refractivity contribution in [3.05, 3.63) is 29.8 Å². The van der Waals surface area contributed by atoms with E-state index in [0.29, 0.717) is 19.8 Å². The lowest BCUT2D eigenvalue weighted by Crippen LogP contribution is -2.35. The second kappa shape index (κ2) is 5.79. The van der Waals surface area contributed by atoms with Gasteiger partial charge in [-0.25, -0.2) is 13.1 Å². The summed E-state index contributed by atoms with van der Waals surface area (Å²) >= 11 is 0. The molecule has 100 valence electrons. The summed E-state index contributed by atoms with van der Waals surface area (Å²) in [6.07, 6.45) is 0.719. The number of methoxy groups -OCH3 is 1. The zero-order chi connectivity index (χ0) is 13.0. The van der Waals surface area contributed by atoms with E-state index in [0.717, 1.165) is 12.0 Å². The highest BCUT2D eigenvalue weighted by atomic mass is 32.2. The number of hydrogen-bond donors (Lipinski definition) is 1. The van der Waals surface area contributed by atoms with Crippen LogP contribution in [0.1, 0.15) is 12.0 Å². The van der Waals surface area contributed by atoms with Crippen molar-refractivity contribution in [3.63, 3.8) is 0 Å². The topological polar surface area (TPSA) is 64.6 Å². The number of rotatable bonds is 5. The molecule has 1 heterocycles. The Labute approximate surface area is 107 Å². The molecule has 6 heteroatoms. The molecule has 2 rings (SSSR count). The van der Waals surface area contributed by atoms with Crippen LogP contribution < -0.4 is 4.72 Å². The van der Waals surface area contributed by atoms with Gasteiger partial charge in [-0.15, -0.1) is 0 Å². The van der Waals surface area contributed by atoms with E-state index in [4.69, 9.17) is 9.47 Å². The van der Waals surface area contributed by atoms with Crippen molar-refractivity contribution in [1.82, 2.24) is 4.72 Å². The highest BCUT2D eigenvalue weighted by Crippen LogP contribution is 2.14. The fraction of sp³-hybridized carbons (Fsp3) is 0.500. The smallest absolute Gasteiger partial charge is 0.240 e. The summed E-state index contributed by atoms with van der Waals surface area (Å²) in [5, 5.41) is 0. The average molecular weight is 271 g/mol. The third kappa shape index (κ3) is 3.29. The van der Waals surface area contributed by atoms with Crippen LogP contribution in [0.3, 0.4) is 0 Å². The Kier molecular flexibility index (Phi) is 4.34. The quantitative estimate of drug-likeness (QED) is 0.864. The molecule has 1 atom stereocenters. The zero-order valence-corrected chi connectivity index (χ0v) is 11.1. The van der Waals surface area contributed by atoms with E-state index in [2.05, 4.69) is 4.72 Å². The van der Waals surface area contributed by atoms with E-state index >= 15 is 0 Å². The summed E-state index contributed by atoms with van der Waals surface area (Å²) in [6, 6.07) is 6.63. The van der Waals surface area contributed by atoms with Crippen molar-refractivity contribution in [3.8, 4) is 0 Å². The molecule has 0 aromatic heterocycles. The van der Waals surface area contributed by atoms with Crippen LogP contribution in [-0.2, 0) is 26.1 Å². The van der Waals surface area contributed by atoms with Crippen molar-refractivity contribution in [2.24, 2.45) is 0 Å². The normalized spacial score (nSPS) is 20.2. The van der Waals surface area contributed by atoms with Gasteiger partial charge in [0.2, 0.25) is 10.0 Å². The Hall–Kier alpha value is -0.950. The Morgan fingerprint density at radius 1 is 1.50 bits per heavy atom.